The number of benzene rings is 3. The van der Waals surface area contributed by atoms with Crippen LogP contribution >= 0.6 is 11.6 Å². The van der Waals surface area contributed by atoms with E-state index in [2.05, 4.69) is 5.32 Å². The summed E-state index contributed by atoms with van der Waals surface area (Å²) in [6.07, 6.45) is 1.42. The molecule has 0 saturated heterocycles. The van der Waals surface area contributed by atoms with Crippen LogP contribution in [0.2, 0.25) is 5.02 Å². The lowest BCUT2D eigenvalue weighted by molar-refractivity contribution is -0.112. The number of anilines is 1. The van der Waals surface area contributed by atoms with Crippen LogP contribution < -0.4 is 14.8 Å². The number of halogens is 2. The van der Waals surface area contributed by atoms with E-state index in [-0.39, 0.29) is 28.8 Å². The van der Waals surface area contributed by atoms with Crippen molar-refractivity contribution in [3.63, 3.8) is 0 Å². The Labute approximate surface area is 203 Å². The Bertz CT molecular complexity index is 1280. The van der Waals surface area contributed by atoms with Gasteiger partial charge in [0.1, 0.15) is 24.1 Å². The molecule has 0 aromatic heterocycles. The fourth-order valence-corrected chi connectivity index (χ4v) is 3.57. The molecule has 3 aromatic rings. The van der Waals surface area contributed by atoms with Crippen molar-refractivity contribution in [1.29, 1.82) is 5.26 Å². The van der Waals surface area contributed by atoms with E-state index in [1.807, 2.05) is 32.0 Å². The first-order valence-corrected chi connectivity index (χ1v) is 11.0. The number of rotatable bonds is 8. The molecule has 0 spiro atoms. The molecule has 1 N–H and O–H groups in total. The summed E-state index contributed by atoms with van der Waals surface area (Å²) in [4.78, 5) is 12.7. The molecule has 1 amide bonds. The number of nitrogens with one attached hydrogen (secondary N) is 1. The summed E-state index contributed by atoms with van der Waals surface area (Å²) in [6.45, 7) is 5.94. The maximum Gasteiger partial charge on any atom is 0.266 e. The standard InChI is InChI=1S/C27H24ClFN2O3/c1-4-33-25-14-19(13-22(28)26(25)34-16-20-7-5-6-8-23(20)29)12-21(15-30)27(32)31-24-10-9-17(2)11-18(24)3/h5-14H,4,16H2,1-3H3,(H,31,32)/b21-12+. The van der Waals surface area contributed by atoms with Crippen LogP contribution in [-0.4, -0.2) is 12.5 Å². The highest BCUT2D eigenvalue weighted by Crippen LogP contribution is 2.38. The lowest BCUT2D eigenvalue weighted by Crippen LogP contribution is -2.14. The van der Waals surface area contributed by atoms with E-state index in [1.165, 1.54) is 12.1 Å². The van der Waals surface area contributed by atoms with Gasteiger partial charge in [-0.15, -0.1) is 0 Å². The second kappa shape index (κ2) is 11.4. The third-order valence-corrected chi connectivity index (χ3v) is 5.25. The fraction of sp³-hybridized carbons (Fsp3) is 0.185. The van der Waals surface area contributed by atoms with Crippen molar-refractivity contribution < 1.29 is 18.7 Å². The van der Waals surface area contributed by atoms with Crippen molar-refractivity contribution in [2.24, 2.45) is 0 Å². The van der Waals surface area contributed by atoms with Crippen molar-refractivity contribution in [2.45, 2.75) is 27.4 Å². The normalized spacial score (nSPS) is 11.0. The predicted molar refractivity (Wildman–Crippen MR) is 131 cm³/mol. The number of hydrogen-bond donors (Lipinski definition) is 1. The Morgan fingerprint density at radius 3 is 2.59 bits per heavy atom. The molecule has 0 saturated carbocycles. The topological polar surface area (TPSA) is 71.3 Å². The summed E-state index contributed by atoms with van der Waals surface area (Å²) < 4.78 is 25.4. The smallest absolute Gasteiger partial charge is 0.266 e. The van der Waals surface area contributed by atoms with E-state index in [1.54, 1.807) is 43.3 Å². The largest absolute Gasteiger partial charge is 0.490 e. The number of ether oxygens (including phenoxy) is 2. The molecule has 174 valence electrons. The Kier molecular flexibility index (Phi) is 8.29. The van der Waals surface area contributed by atoms with E-state index in [0.29, 0.717) is 29.2 Å². The van der Waals surface area contributed by atoms with E-state index < -0.39 is 5.91 Å². The predicted octanol–water partition coefficient (Wildman–Crippen LogP) is 6.62. The second-order valence-electron chi connectivity index (χ2n) is 7.59. The van der Waals surface area contributed by atoms with Gasteiger partial charge in [0, 0.05) is 11.3 Å². The van der Waals surface area contributed by atoms with E-state index in [0.717, 1.165) is 11.1 Å². The van der Waals surface area contributed by atoms with Gasteiger partial charge in [-0.05, 0) is 62.2 Å². The zero-order valence-corrected chi connectivity index (χ0v) is 19.9. The van der Waals surface area contributed by atoms with E-state index in [9.17, 15) is 14.4 Å². The van der Waals surface area contributed by atoms with Crippen LogP contribution in [0.15, 0.2) is 60.2 Å². The maximum absolute atomic E-state index is 13.9. The third kappa shape index (κ3) is 6.15. The number of nitrogens with zero attached hydrogens (tertiary/aromatic N) is 1. The molecule has 0 aliphatic carbocycles. The molecule has 0 bridgehead atoms. The van der Waals surface area contributed by atoms with Gasteiger partial charge in [-0.2, -0.15) is 5.26 Å². The first-order chi connectivity index (χ1) is 16.3. The van der Waals surface area contributed by atoms with Crippen molar-refractivity contribution in [3.05, 3.63) is 93.3 Å². The van der Waals surface area contributed by atoms with Crippen LogP contribution in [-0.2, 0) is 11.4 Å². The number of nitriles is 1. The highest BCUT2D eigenvalue weighted by atomic mass is 35.5. The fourth-order valence-electron chi connectivity index (χ4n) is 3.30. The quantitative estimate of drug-likeness (QED) is 0.292. The van der Waals surface area contributed by atoms with Gasteiger partial charge in [0.05, 0.1) is 11.6 Å². The lowest BCUT2D eigenvalue weighted by atomic mass is 10.1. The van der Waals surface area contributed by atoms with Gasteiger partial charge in [0.15, 0.2) is 11.5 Å². The van der Waals surface area contributed by atoms with Gasteiger partial charge in [-0.3, -0.25) is 4.79 Å². The number of hydrogen-bond acceptors (Lipinski definition) is 4. The zero-order chi connectivity index (χ0) is 24.7. The Hall–Kier alpha value is -3.82. The summed E-state index contributed by atoms with van der Waals surface area (Å²) >= 11 is 6.44. The van der Waals surface area contributed by atoms with Gasteiger partial charge >= 0.3 is 0 Å². The summed E-state index contributed by atoms with van der Waals surface area (Å²) in [6, 6.07) is 17.0. The van der Waals surface area contributed by atoms with Gasteiger partial charge in [-0.1, -0.05) is 47.5 Å². The highest BCUT2D eigenvalue weighted by molar-refractivity contribution is 6.32. The molecule has 34 heavy (non-hydrogen) atoms. The van der Waals surface area contributed by atoms with Crippen LogP contribution in [0, 0.1) is 31.0 Å². The van der Waals surface area contributed by atoms with Gasteiger partial charge in [-0.25, -0.2) is 4.39 Å². The first kappa shape index (κ1) is 24.8. The summed E-state index contributed by atoms with van der Waals surface area (Å²) in [5, 5.41) is 12.6. The van der Waals surface area contributed by atoms with E-state index in [4.69, 9.17) is 21.1 Å². The summed E-state index contributed by atoms with van der Waals surface area (Å²) in [7, 11) is 0. The average molecular weight is 479 g/mol. The Balaban J connectivity index is 1.86. The first-order valence-electron chi connectivity index (χ1n) is 10.6. The minimum atomic E-state index is -0.539. The van der Waals surface area contributed by atoms with Crippen molar-refractivity contribution in [3.8, 4) is 17.6 Å². The third-order valence-electron chi connectivity index (χ3n) is 4.97. The number of carbonyl (C=O) groups is 1. The molecule has 3 aromatic carbocycles. The Morgan fingerprint density at radius 2 is 1.91 bits per heavy atom. The van der Waals surface area contributed by atoms with Crippen LogP contribution in [0.1, 0.15) is 29.2 Å². The van der Waals surface area contributed by atoms with Crippen LogP contribution in [0.5, 0.6) is 11.5 Å². The number of amides is 1. The molecule has 5 nitrogen and oxygen atoms in total. The summed E-state index contributed by atoms with van der Waals surface area (Å²) in [5.74, 6) is -0.347. The second-order valence-corrected chi connectivity index (χ2v) is 7.99. The molecule has 0 radical (unpaired) electrons. The van der Waals surface area contributed by atoms with Crippen LogP contribution in [0.3, 0.4) is 0 Å². The molecular formula is C27H24ClFN2O3. The molecule has 0 aliphatic rings. The molecule has 0 unspecified atom stereocenters. The SMILES string of the molecule is CCOc1cc(/C=C(\C#N)C(=O)Nc2ccc(C)cc2C)cc(Cl)c1OCc1ccccc1F. The molecule has 3 rings (SSSR count). The molecule has 7 heteroatoms. The van der Waals surface area contributed by atoms with Crippen molar-refractivity contribution in [1.82, 2.24) is 0 Å². The van der Waals surface area contributed by atoms with Crippen LogP contribution in [0.4, 0.5) is 10.1 Å². The summed E-state index contributed by atoms with van der Waals surface area (Å²) in [5.41, 5.74) is 3.35. The highest BCUT2D eigenvalue weighted by Gasteiger charge is 2.16. The maximum atomic E-state index is 13.9. The van der Waals surface area contributed by atoms with Gasteiger partial charge in [0.25, 0.3) is 5.91 Å². The minimum Gasteiger partial charge on any atom is -0.490 e. The van der Waals surface area contributed by atoms with E-state index >= 15 is 0 Å². The molecule has 0 heterocycles. The van der Waals surface area contributed by atoms with Crippen molar-refractivity contribution >= 4 is 29.3 Å². The average Bonchev–Trinajstić information content (AvgIpc) is 2.80. The minimum absolute atomic E-state index is 0.0383. The van der Waals surface area contributed by atoms with Crippen LogP contribution in [0.25, 0.3) is 6.08 Å². The monoisotopic (exact) mass is 478 g/mol. The molecule has 0 atom stereocenters. The zero-order valence-electron chi connectivity index (χ0n) is 19.1. The molecule has 0 aliphatic heterocycles. The number of carbonyl (C=O) groups excluding carboxylic acids is 1. The van der Waals surface area contributed by atoms with Crippen molar-refractivity contribution in [2.75, 3.05) is 11.9 Å². The molecular weight excluding hydrogens is 455 g/mol. The van der Waals surface area contributed by atoms with Gasteiger partial charge in [0.2, 0.25) is 0 Å². The lowest BCUT2D eigenvalue weighted by Gasteiger charge is -2.15. The molecule has 0 fully saturated rings. The Morgan fingerprint density at radius 1 is 1.15 bits per heavy atom. The number of aryl methyl sites for hydroxylation is 2. The van der Waals surface area contributed by atoms with Gasteiger partial charge < -0.3 is 14.8 Å².